The molecule has 208 valence electrons. The van der Waals surface area contributed by atoms with Crippen LogP contribution in [0.25, 0.3) is 11.1 Å². The van der Waals surface area contributed by atoms with Gasteiger partial charge in [0.25, 0.3) is 0 Å². The molecule has 2 unspecified atom stereocenters. The van der Waals surface area contributed by atoms with Gasteiger partial charge >= 0.3 is 12.1 Å². The number of nitrogens with zero attached hydrogens (tertiary/aromatic N) is 1. The minimum Gasteiger partial charge on any atom is -0.481 e. The Hall–Kier alpha value is -4.21. The molecule has 2 atom stereocenters. The number of carbonyl (C=O) groups is 3. The number of likely N-dealkylation sites (tertiary alicyclic amines) is 1. The van der Waals surface area contributed by atoms with Crippen LogP contribution in [0.5, 0.6) is 0 Å². The Balaban J connectivity index is 1.15. The van der Waals surface area contributed by atoms with E-state index in [0.717, 1.165) is 27.8 Å². The molecule has 40 heavy (non-hydrogen) atoms. The van der Waals surface area contributed by atoms with E-state index in [1.807, 2.05) is 78.9 Å². The smallest absolute Gasteiger partial charge is 0.407 e. The van der Waals surface area contributed by atoms with Crippen molar-refractivity contribution in [2.45, 2.75) is 36.9 Å². The molecule has 9 nitrogen and oxygen atoms in total. The summed E-state index contributed by atoms with van der Waals surface area (Å²) >= 11 is 0. The maximum absolute atomic E-state index is 12.9. The fourth-order valence-electron chi connectivity index (χ4n) is 5.60. The normalized spacial score (nSPS) is 18.9. The van der Waals surface area contributed by atoms with Gasteiger partial charge in [-0.1, -0.05) is 78.9 Å². The number of carboxylic acid groups (broad SMARTS) is 1. The number of ether oxygens (including phenoxy) is 1. The number of β-amino-alcohol motifs (C(OH)–C–C–N with tert-alkyl or cyclic N) is 1. The number of aliphatic hydroxyl groups is 1. The highest BCUT2D eigenvalue weighted by atomic mass is 16.5. The van der Waals surface area contributed by atoms with Crippen LogP contribution in [0.2, 0.25) is 0 Å². The van der Waals surface area contributed by atoms with E-state index in [1.165, 1.54) is 0 Å². The van der Waals surface area contributed by atoms with Crippen molar-refractivity contribution >= 4 is 18.0 Å². The number of hydrogen-bond donors (Lipinski definition) is 4. The van der Waals surface area contributed by atoms with E-state index in [-0.39, 0.29) is 19.1 Å². The highest BCUT2D eigenvalue weighted by Crippen LogP contribution is 2.44. The molecule has 0 saturated carbocycles. The summed E-state index contributed by atoms with van der Waals surface area (Å²) in [4.78, 5) is 39.2. The van der Waals surface area contributed by atoms with Crippen LogP contribution in [0.4, 0.5) is 4.79 Å². The van der Waals surface area contributed by atoms with Crippen LogP contribution in [0.15, 0.2) is 78.9 Å². The second-order valence-electron chi connectivity index (χ2n) is 10.5. The summed E-state index contributed by atoms with van der Waals surface area (Å²) in [5, 5.41) is 25.4. The van der Waals surface area contributed by atoms with Gasteiger partial charge in [-0.3, -0.25) is 14.5 Å². The first-order valence-electron chi connectivity index (χ1n) is 13.4. The molecule has 2 aliphatic rings. The average molecular weight is 544 g/mol. The summed E-state index contributed by atoms with van der Waals surface area (Å²) in [6.45, 7) is 1.70. The van der Waals surface area contributed by atoms with Crippen LogP contribution in [-0.2, 0) is 20.9 Å². The maximum Gasteiger partial charge on any atom is 0.407 e. The van der Waals surface area contributed by atoms with Gasteiger partial charge in [0.2, 0.25) is 5.91 Å². The number of amides is 2. The van der Waals surface area contributed by atoms with E-state index >= 15 is 0 Å². The van der Waals surface area contributed by atoms with Crippen LogP contribution >= 0.6 is 0 Å². The van der Waals surface area contributed by atoms with E-state index in [2.05, 4.69) is 15.5 Å². The number of hydrogen-bond acceptors (Lipinski definition) is 6. The number of aliphatic carboxylic acids is 1. The summed E-state index contributed by atoms with van der Waals surface area (Å²) in [7, 11) is 0. The number of carboxylic acids is 1. The number of fused-ring (bicyclic) bond motifs is 3. The number of nitrogens with one attached hydrogen (secondary N) is 2. The zero-order valence-corrected chi connectivity index (χ0v) is 22.1. The van der Waals surface area contributed by atoms with Gasteiger partial charge in [0, 0.05) is 32.1 Å². The Morgan fingerprint density at radius 3 is 2.23 bits per heavy atom. The molecule has 2 amide bonds. The van der Waals surface area contributed by atoms with E-state index < -0.39 is 36.0 Å². The van der Waals surface area contributed by atoms with Gasteiger partial charge in [-0.2, -0.15) is 0 Å². The number of carbonyl (C=O) groups excluding carboxylic acids is 2. The molecule has 0 bridgehead atoms. The number of alkyl carbamates (subject to hydrolysis) is 1. The molecule has 3 aromatic carbocycles. The van der Waals surface area contributed by atoms with Crippen molar-refractivity contribution in [3.8, 4) is 11.1 Å². The third-order valence-corrected chi connectivity index (χ3v) is 7.58. The molecule has 1 aliphatic heterocycles. The van der Waals surface area contributed by atoms with E-state index in [4.69, 9.17) is 4.74 Å². The predicted octanol–water partition coefficient (Wildman–Crippen LogP) is 3.12. The molecule has 1 aliphatic carbocycles. The van der Waals surface area contributed by atoms with Crippen LogP contribution in [0, 0.1) is 0 Å². The molecule has 4 N–H and O–H groups in total. The topological polar surface area (TPSA) is 128 Å². The molecular formula is C31H33N3O6. The summed E-state index contributed by atoms with van der Waals surface area (Å²) in [6.07, 6.45) is -1.03. The minimum absolute atomic E-state index is 0.0400. The Kier molecular flexibility index (Phi) is 8.14. The van der Waals surface area contributed by atoms with Gasteiger partial charge in [0.1, 0.15) is 12.6 Å². The number of benzene rings is 3. The summed E-state index contributed by atoms with van der Waals surface area (Å²) < 4.78 is 5.49. The molecule has 1 heterocycles. The molecule has 1 fully saturated rings. The second kappa shape index (κ2) is 11.9. The monoisotopic (exact) mass is 543 g/mol. The quantitative estimate of drug-likeness (QED) is 0.309. The van der Waals surface area contributed by atoms with Crippen molar-refractivity contribution in [1.82, 2.24) is 15.5 Å². The standard InChI is InChI=1S/C31H33N3O6/c35-28(36)16-27(29(37)32-19-31(39)14-15-34(20-31)17-21-8-2-1-3-9-21)33-30(38)40-18-26-24-12-6-4-10-22(24)23-11-5-7-13-25(23)26/h1-13,26-27,39H,14-20H2,(H,32,37)(H,33,38)(H,35,36). The third kappa shape index (κ3) is 6.32. The first-order valence-corrected chi connectivity index (χ1v) is 13.4. The fourth-order valence-corrected chi connectivity index (χ4v) is 5.60. The van der Waals surface area contributed by atoms with Gasteiger partial charge in [-0.25, -0.2) is 4.79 Å². The first-order chi connectivity index (χ1) is 19.3. The van der Waals surface area contributed by atoms with Gasteiger partial charge in [0.15, 0.2) is 0 Å². The van der Waals surface area contributed by atoms with Crippen molar-refractivity contribution < 1.29 is 29.3 Å². The third-order valence-electron chi connectivity index (χ3n) is 7.58. The Morgan fingerprint density at radius 1 is 0.950 bits per heavy atom. The Morgan fingerprint density at radius 2 is 1.57 bits per heavy atom. The van der Waals surface area contributed by atoms with Crippen LogP contribution < -0.4 is 10.6 Å². The molecule has 0 aromatic heterocycles. The maximum atomic E-state index is 12.9. The van der Waals surface area contributed by atoms with Gasteiger partial charge in [0.05, 0.1) is 12.0 Å². The Bertz CT molecular complexity index is 1330. The number of rotatable bonds is 10. The highest BCUT2D eigenvalue weighted by molar-refractivity contribution is 5.89. The highest BCUT2D eigenvalue weighted by Gasteiger charge is 2.37. The molecule has 3 aromatic rings. The molecule has 5 rings (SSSR count). The van der Waals surface area contributed by atoms with E-state index in [1.54, 1.807) is 0 Å². The molecule has 9 heteroatoms. The Labute approximate surface area is 232 Å². The SMILES string of the molecule is O=C(O)CC(NC(=O)OCC1c2ccccc2-c2ccccc21)C(=O)NCC1(O)CCN(Cc2ccccc2)C1. The van der Waals surface area contributed by atoms with Gasteiger partial charge in [-0.15, -0.1) is 0 Å². The van der Waals surface area contributed by atoms with E-state index in [9.17, 15) is 24.6 Å². The van der Waals surface area contributed by atoms with Crippen molar-refractivity contribution in [2.24, 2.45) is 0 Å². The average Bonchev–Trinajstić information content (AvgIpc) is 3.48. The van der Waals surface area contributed by atoms with Gasteiger partial charge < -0.3 is 25.6 Å². The zero-order valence-electron chi connectivity index (χ0n) is 22.1. The zero-order chi connectivity index (χ0) is 28.1. The first kappa shape index (κ1) is 27.4. The molecule has 0 spiro atoms. The van der Waals surface area contributed by atoms with Crippen molar-refractivity contribution in [2.75, 3.05) is 26.2 Å². The summed E-state index contributed by atoms with van der Waals surface area (Å²) in [5.74, 6) is -2.10. The lowest BCUT2D eigenvalue weighted by Crippen LogP contribution is -2.52. The fraction of sp³-hybridized carbons (Fsp3) is 0.323. The van der Waals surface area contributed by atoms with Crippen LogP contribution in [0.1, 0.15) is 35.4 Å². The molecule has 1 saturated heterocycles. The van der Waals surface area contributed by atoms with Gasteiger partial charge in [-0.05, 0) is 34.2 Å². The largest absolute Gasteiger partial charge is 0.481 e. The minimum atomic E-state index is -1.35. The summed E-state index contributed by atoms with van der Waals surface area (Å²) in [6, 6.07) is 24.4. The summed E-state index contributed by atoms with van der Waals surface area (Å²) in [5.41, 5.74) is 4.24. The lowest BCUT2D eigenvalue weighted by molar-refractivity contribution is -0.140. The van der Waals surface area contributed by atoms with E-state index in [0.29, 0.717) is 26.1 Å². The van der Waals surface area contributed by atoms with Crippen LogP contribution in [-0.4, -0.2) is 71.0 Å². The predicted molar refractivity (Wildman–Crippen MR) is 149 cm³/mol. The van der Waals surface area contributed by atoms with Crippen LogP contribution in [0.3, 0.4) is 0 Å². The van der Waals surface area contributed by atoms with Crippen molar-refractivity contribution in [3.63, 3.8) is 0 Å². The second-order valence-corrected chi connectivity index (χ2v) is 10.5. The lowest BCUT2D eigenvalue weighted by Gasteiger charge is -2.25. The van der Waals surface area contributed by atoms with Crippen molar-refractivity contribution in [1.29, 1.82) is 0 Å². The van der Waals surface area contributed by atoms with Crippen molar-refractivity contribution in [3.05, 3.63) is 95.6 Å². The lowest BCUT2D eigenvalue weighted by atomic mass is 9.98. The molecular weight excluding hydrogens is 510 g/mol. The molecule has 0 radical (unpaired) electrons.